The summed E-state index contributed by atoms with van der Waals surface area (Å²) in [5, 5.41) is 8.74. The van der Waals surface area contributed by atoms with Gasteiger partial charge in [0.2, 0.25) is 0 Å². The molecule has 3 heteroatoms. The predicted octanol–water partition coefficient (Wildman–Crippen LogP) is 2.58. The second-order valence-corrected chi connectivity index (χ2v) is 3.36. The van der Waals surface area contributed by atoms with E-state index in [1.54, 1.807) is 6.21 Å². The first-order valence-electron chi connectivity index (χ1n) is 4.54. The van der Waals surface area contributed by atoms with Crippen LogP contribution in [0.3, 0.4) is 0 Å². The van der Waals surface area contributed by atoms with E-state index in [1.807, 2.05) is 0 Å². The number of hydrogen-bond donors (Lipinski definition) is 1. The average molecular weight is 192 g/mol. The fourth-order valence-corrected chi connectivity index (χ4v) is 1.09. The summed E-state index contributed by atoms with van der Waals surface area (Å²) in [6.45, 7) is 4.27. The quantitative estimate of drug-likeness (QED) is 0.508. The molecule has 0 rings (SSSR count). The molecule has 1 unspecified atom stereocenters. The Morgan fingerprint density at radius 3 is 2.58 bits per heavy atom. The largest absolute Gasteiger partial charge is 0.377 e. The predicted molar refractivity (Wildman–Crippen MR) is 54.0 cm³/mol. The first-order valence-corrected chi connectivity index (χ1v) is 4.98. The van der Waals surface area contributed by atoms with Crippen LogP contribution in [-0.4, -0.2) is 22.9 Å². The Kier molecular flexibility index (Phi) is 7.51. The minimum absolute atomic E-state index is 0.408. The average Bonchev–Trinajstić information content (AvgIpc) is 2.02. The van der Waals surface area contributed by atoms with E-state index in [4.69, 9.17) is 16.7 Å². The van der Waals surface area contributed by atoms with Crippen LogP contribution >= 0.6 is 11.6 Å². The Morgan fingerprint density at radius 1 is 1.50 bits per heavy atom. The van der Waals surface area contributed by atoms with Crippen LogP contribution in [0.15, 0.2) is 4.99 Å². The lowest BCUT2D eigenvalue weighted by molar-refractivity contribution is 0.266. The molecule has 12 heavy (non-hydrogen) atoms. The SMILES string of the molecule is CCC[C@@H](CC)N=CCC(O)Cl. The Bertz CT molecular complexity index is 126. The van der Waals surface area contributed by atoms with Crippen LogP contribution < -0.4 is 0 Å². The number of nitrogens with zero attached hydrogens (tertiary/aromatic N) is 1. The normalized spacial score (nSPS) is 16.7. The second kappa shape index (κ2) is 7.56. The molecule has 0 amide bonds. The van der Waals surface area contributed by atoms with E-state index in [9.17, 15) is 0 Å². The van der Waals surface area contributed by atoms with E-state index >= 15 is 0 Å². The number of halogens is 1. The molecule has 2 atom stereocenters. The first-order chi connectivity index (χ1) is 5.70. The molecule has 2 nitrogen and oxygen atoms in total. The van der Waals surface area contributed by atoms with Gasteiger partial charge in [0.05, 0.1) is 0 Å². The second-order valence-electron chi connectivity index (χ2n) is 2.85. The summed E-state index contributed by atoms with van der Waals surface area (Å²) in [4.78, 5) is 4.30. The fourth-order valence-electron chi connectivity index (χ4n) is 1.01. The third kappa shape index (κ3) is 6.62. The molecule has 0 aromatic rings. The molecule has 0 aliphatic carbocycles. The zero-order chi connectivity index (χ0) is 9.40. The van der Waals surface area contributed by atoms with E-state index in [-0.39, 0.29) is 0 Å². The number of aliphatic hydroxyl groups excluding tert-OH is 1. The first kappa shape index (κ1) is 11.9. The van der Waals surface area contributed by atoms with Crippen LogP contribution in [0.4, 0.5) is 0 Å². The minimum atomic E-state index is -0.784. The molecular formula is C9H18ClNO. The van der Waals surface area contributed by atoms with Gasteiger partial charge in [-0.3, -0.25) is 4.99 Å². The molecule has 1 N–H and O–H groups in total. The third-order valence-corrected chi connectivity index (χ3v) is 1.89. The minimum Gasteiger partial charge on any atom is -0.377 e. The maximum atomic E-state index is 8.74. The highest BCUT2D eigenvalue weighted by Crippen LogP contribution is 2.05. The summed E-state index contributed by atoms with van der Waals surface area (Å²) in [6.07, 6.45) is 5.50. The van der Waals surface area contributed by atoms with Gasteiger partial charge in [-0.25, -0.2) is 0 Å². The van der Waals surface area contributed by atoms with Gasteiger partial charge in [0.1, 0.15) is 5.56 Å². The standard InChI is InChI=1S/C9H18ClNO/c1-3-5-8(4-2)11-7-6-9(10)12/h7-9,12H,3-6H2,1-2H3/t8-,9?/m1/s1. The molecule has 0 aromatic heterocycles. The molecule has 0 bridgehead atoms. The number of hydrogen-bond acceptors (Lipinski definition) is 2. The van der Waals surface area contributed by atoms with Crippen molar-refractivity contribution >= 4 is 17.8 Å². The van der Waals surface area contributed by atoms with Gasteiger partial charge in [-0.15, -0.1) is 0 Å². The molecular weight excluding hydrogens is 174 g/mol. The van der Waals surface area contributed by atoms with E-state index < -0.39 is 5.56 Å². The number of aliphatic hydroxyl groups is 1. The highest BCUT2D eigenvalue weighted by atomic mass is 35.5. The lowest BCUT2D eigenvalue weighted by Crippen LogP contribution is -2.03. The summed E-state index contributed by atoms with van der Waals surface area (Å²) in [5.74, 6) is 0. The maximum absolute atomic E-state index is 8.74. The van der Waals surface area contributed by atoms with Crippen molar-refractivity contribution in [2.45, 2.75) is 51.1 Å². The maximum Gasteiger partial charge on any atom is 0.132 e. The van der Waals surface area contributed by atoms with Crippen molar-refractivity contribution in [3.63, 3.8) is 0 Å². The molecule has 0 spiro atoms. The molecule has 0 radical (unpaired) electrons. The Balaban J connectivity index is 3.60. The summed E-state index contributed by atoms with van der Waals surface area (Å²) >= 11 is 5.35. The Labute approximate surface area is 79.7 Å². The van der Waals surface area contributed by atoms with Gasteiger partial charge in [0.25, 0.3) is 0 Å². The molecule has 0 fully saturated rings. The molecule has 72 valence electrons. The monoisotopic (exact) mass is 191 g/mol. The highest BCUT2D eigenvalue weighted by Gasteiger charge is 2.00. The van der Waals surface area contributed by atoms with Gasteiger partial charge < -0.3 is 5.11 Å². The number of aliphatic imine (C=N–C) groups is 1. The topological polar surface area (TPSA) is 32.6 Å². The molecule has 0 saturated heterocycles. The van der Waals surface area contributed by atoms with Crippen molar-refractivity contribution in [2.24, 2.45) is 4.99 Å². The van der Waals surface area contributed by atoms with Crippen molar-refractivity contribution in [3.05, 3.63) is 0 Å². The van der Waals surface area contributed by atoms with Gasteiger partial charge in [0.15, 0.2) is 0 Å². The lowest BCUT2D eigenvalue weighted by Gasteiger charge is -2.06. The summed E-state index contributed by atoms with van der Waals surface area (Å²) in [7, 11) is 0. The van der Waals surface area contributed by atoms with Crippen LogP contribution in [-0.2, 0) is 0 Å². The van der Waals surface area contributed by atoms with Crippen LogP contribution in [0.5, 0.6) is 0 Å². The Hall–Kier alpha value is -0.0800. The zero-order valence-electron chi connectivity index (χ0n) is 7.83. The van der Waals surface area contributed by atoms with Crippen LogP contribution in [0.2, 0.25) is 0 Å². The summed E-state index contributed by atoms with van der Waals surface area (Å²) in [5.41, 5.74) is -0.784. The van der Waals surface area contributed by atoms with E-state index in [1.165, 1.54) is 0 Å². The highest BCUT2D eigenvalue weighted by molar-refractivity contribution is 6.20. The molecule has 0 heterocycles. The van der Waals surface area contributed by atoms with Gasteiger partial charge in [-0.2, -0.15) is 0 Å². The Morgan fingerprint density at radius 2 is 2.17 bits per heavy atom. The van der Waals surface area contributed by atoms with Gasteiger partial charge in [0, 0.05) is 18.7 Å². The van der Waals surface area contributed by atoms with Crippen molar-refractivity contribution in [3.8, 4) is 0 Å². The van der Waals surface area contributed by atoms with Crippen molar-refractivity contribution < 1.29 is 5.11 Å². The van der Waals surface area contributed by atoms with Gasteiger partial charge >= 0.3 is 0 Å². The number of alkyl halides is 1. The molecule has 0 aromatic carbocycles. The van der Waals surface area contributed by atoms with E-state index in [0.717, 1.165) is 19.3 Å². The lowest BCUT2D eigenvalue weighted by atomic mass is 10.1. The number of rotatable bonds is 6. The van der Waals surface area contributed by atoms with Crippen LogP contribution in [0, 0.1) is 0 Å². The van der Waals surface area contributed by atoms with E-state index in [0.29, 0.717) is 12.5 Å². The van der Waals surface area contributed by atoms with E-state index in [2.05, 4.69) is 18.8 Å². The zero-order valence-corrected chi connectivity index (χ0v) is 8.59. The molecule has 0 aliphatic rings. The fraction of sp³-hybridized carbons (Fsp3) is 0.889. The van der Waals surface area contributed by atoms with Crippen molar-refractivity contribution in [2.75, 3.05) is 0 Å². The van der Waals surface area contributed by atoms with Gasteiger partial charge in [-0.05, 0) is 12.8 Å². The smallest absolute Gasteiger partial charge is 0.132 e. The summed E-state index contributed by atoms with van der Waals surface area (Å²) < 4.78 is 0. The van der Waals surface area contributed by atoms with Crippen LogP contribution in [0.1, 0.15) is 39.5 Å². The van der Waals surface area contributed by atoms with Gasteiger partial charge in [-0.1, -0.05) is 31.9 Å². The molecule has 0 saturated carbocycles. The third-order valence-electron chi connectivity index (χ3n) is 1.71. The van der Waals surface area contributed by atoms with Crippen molar-refractivity contribution in [1.29, 1.82) is 0 Å². The molecule has 0 aliphatic heterocycles. The van der Waals surface area contributed by atoms with Crippen LogP contribution in [0.25, 0.3) is 0 Å². The van der Waals surface area contributed by atoms with Crippen molar-refractivity contribution in [1.82, 2.24) is 0 Å². The summed E-state index contributed by atoms with van der Waals surface area (Å²) in [6, 6.07) is 0.408.